The maximum Gasteiger partial charge on any atom is 0.224 e. The van der Waals surface area contributed by atoms with Crippen LogP contribution in [0.25, 0.3) is 0 Å². The highest BCUT2D eigenvalue weighted by molar-refractivity contribution is 5.79. The molecule has 0 aliphatic carbocycles. The highest BCUT2D eigenvalue weighted by atomic mass is 16.5. The summed E-state index contributed by atoms with van der Waals surface area (Å²) in [5.74, 6) is -0.210. The minimum Gasteiger partial charge on any atom is -0.396 e. The molecule has 0 spiro atoms. The Balaban J connectivity index is 4.07. The summed E-state index contributed by atoms with van der Waals surface area (Å²) in [6, 6.07) is -0.131. The highest BCUT2D eigenvalue weighted by Gasteiger charge is 2.18. The summed E-state index contributed by atoms with van der Waals surface area (Å²) in [6.07, 6.45) is 1.22. The van der Waals surface area contributed by atoms with Crippen molar-refractivity contribution in [1.29, 1.82) is 0 Å². The lowest BCUT2D eigenvalue weighted by molar-refractivity contribution is -0.126. The molecule has 0 saturated carbocycles. The Labute approximate surface area is 91.0 Å². The lowest BCUT2D eigenvalue weighted by Crippen LogP contribution is -2.43. The maximum absolute atomic E-state index is 11.6. The van der Waals surface area contributed by atoms with Crippen molar-refractivity contribution in [1.82, 2.24) is 5.32 Å². The van der Waals surface area contributed by atoms with Crippen LogP contribution in [0, 0.1) is 5.92 Å². The highest BCUT2D eigenvalue weighted by Crippen LogP contribution is 2.02. The van der Waals surface area contributed by atoms with Crippen molar-refractivity contribution in [2.24, 2.45) is 11.7 Å². The number of carbonyl (C=O) groups is 1. The number of carbonyl (C=O) groups excluding carboxylic acids is 1. The van der Waals surface area contributed by atoms with E-state index in [9.17, 15) is 4.79 Å². The first-order valence-electron chi connectivity index (χ1n) is 5.29. The molecule has 0 aliphatic rings. The Morgan fingerprint density at radius 1 is 1.60 bits per heavy atom. The number of nitrogens with one attached hydrogen (secondary N) is 1. The third-order valence-corrected chi connectivity index (χ3v) is 2.34. The topological polar surface area (TPSA) is 84.6 Å². The molecule has 1 amide bonds. The predicted molar refractivity (Wildman–Crippen MR) is 58.3 cm³/mol. The average molecular weight is 218 g/mol. The smallest absolute Gasteiger partial charge is 0.224 e. The predicted octanol–water partition coefficient (Wildman–Crippen LogP) is -0.515. The van der Waals surface area contributed by atoms with E-state index < -0.39 is 0 Å². The molecule has 0 bridgehead atoms. The largest absolute Gasteiger partial charge is 0.396 e. The number of nitrogens with two attached hydrogens (primary N) is 1. The quantitative estimate of drug-likeness (QED) is 0.512. The minimum absolute atomic E-state index is 0.0354. The van der Waals surface area contributed by atoms with Crippen molar-refractivity contribution in [2.45, 2.75) is 25.8 Å². The fraction of sp³-hybridized carbons (Fsp3) is 0.900. The molecule has 0 saturated heterocycles. The summed E-state index contributed by atoms with van der Waals surface area (Å²) in [5, 5.41) is 11.6. The van der Waals surface area contributed by atoms with Crippen LogP contribution in [-0.2, 0) is 9.53 Å². The Morgan fingerprint density at radius 2 is 2.27 bits per heavy atom. The van der Waals surface area contributed by atoms with Gasteiger partial charge in [0.05, 0.1) is 12.6 Å². The molecule has 5 nitrogen and oxygen atoms in total. The Bertz CT molecular complexity index is 166. The second-order valence-corrected chi connectivity index (χ2v) is 3.51. The summed E-state index contributed by atoms with van der Waals surface area (Å²) in [6.45, 7) is 2.72. The van der Waals surface area contributed by atoms with Crippen LogP contribution in [0.15, 0.2) is 0 Å². The van der Waals surface area contributed by atoms with Gasteiger partial charge in [0.1, 0.15) is 0 Å². The van der Waals surface area contributed by atoms with Gasteiger partial charge in [0.25, 0.3) is 0 Å². The molecule has 0 aromatic heterocycles. The molecule has 0 rings (SSSR count). The van der Waals surface area contributed by atoms with Crippen LogP contribution >= 0.6 is 0 Å². The molecular weight excluding hydrogens is 196 g/mol. The Morgan fingerprint density at radius 3 is 2.67 bits per heavy atom. The van der Waals surface area contributed by atoms with Crippen LogP contribution in [0.4, 0.5) is 0 Å². The van der Waals surface area contributed by atoms with E-state index in [0.717, 1.165) is 6.42 Å². The fourth-order valence-electron chi connectivity index (χ4n) is 1.33. The third-order valence-electron chi connectivity index (χ3n) is 2.34. The van der Waals surface area contributed by atoms with Crippen LogP contribution in [0.3, 0.4) is 0 Å². The number of amides is 1. The summed E-state index contributed by atoms with van der Waals surface area (Å²) in [4.78, 5) is 11.6. The zero-order valence-electron chi connectivity index (χ0n) is 9.53. The molecule has 0 aliphatic heterocycles. The van der Waals surface area contributed by atoms with E-state index in [-0.39, 0.29) is 24.5 Å². The van der Waals surface area contributed by atoms with Crippen LogP contribution in [0.5, 0.6) is 0 Å². The fourth-order valence-corrected chi connectivity index (χ4v) is 1.33. The van der Waals surface area contributed by atoms with Crippen molar-refractivity contribution in [3.8, 4) is 0 Å². The molecule has 0 heterocycles. The van der Waals surface area contributed by atoms with Gasteiger partial charge < -0.3 is 20.9 Å². The van der Waals surface area contributed by atoms with Crippen LogP contribution in [0.1, 0.15) is 19.8 Å². The Hall–Kier alpha value is -0.650. The molecule has 0 aromatic rings. The van der Waals surface area contributed by atoms with Gasteiger partial charge in [0.15, 0.2) is 0 Å². The molecule has 2 atom stereocenters. The van der Waals surface area contributed by atoms with Gasteiger partial charge >= 0.3 is 0 Å². The van der Waals surface area contributed by atoms with Gasteiger partial charge in [-0.3, -0.25) is 4.79 Å². The van der Waals surface area contributed by atoms with Gasteiger partial charge in [-0.15, -0.1) is 0 Å². The van der Waals surface area contributed by atoms with Crippen LogP contribution in [0.2, 0.25) is 0 Å². The first-order valence-corrected chi connectivity index (χ1v) is 5.29. The molecule has 2 unspecified atom stereocenters. The lowest BCUT2D eigenvalue weighted by atomic mass is 10.1. The number of aliphatic hydroxyl groups excluding tert-OH is 1. The van der Waals surface area contributed by atoms with Gasteiger partial charge in [-0.05, 0) is 12.8 Å². The van der Waals surface area contributed by atoms with Crippen molar-refractivity contribution in [3.05, 3.63) is 0 Å². The van der Waals surface area contributed by atoms with Gasteiger partial charge in [-0.2, -0.15) is 0 Å². The van der Waals surface area contributed by atoms with E-state index in [1.807, 2.05) is 6.92 Å². The number of aliphatic hydroxyl groups is 1. The maximum atomic E-state index is 11.6. The monoisotopic (exact) mass is 218 g/mol. The normalized spacial score (nSPS) is 14.7. The molecule has 90 valence electrons. The first-order chi connectivity index (χ1) is 7.19. The zero-order valence-corrected chi connectivity index (χ0v) is 9.53. The van der Waals surface area contributed by atoms with E-state index in [0.29, 0.717) is 19.6 Å². The van der Waals surface area contributed by atoms with E-state index in [4.69, 9.17) is 15.6 Å². The summed E-state index contributed by atoms with van der Waals surface area (Å²) < 4.78 is 4.95. The molecule has 0 aromatic carbocycles. The second kappa shape index (κ2) is 8.64. The molecule has 15 heavy (non-hydrogen) atoms. The first kappa shape index (κ1) is 14.3. The van der Waals surface area contributed by atoms with Gasteiger partial charge in [-0.1, -0.05) is 6.92 Å². The summed E-state index contributed by atoms with van der Waals surface area (Å²) >= 11 is 0. The van der Waals surface area contributed by atoms with Crippen LogP contribution < -0.4 is 11.1 Å². The van der Waals surface area contributed by atoms with Gasteiger partial charge in [-0.25, -0.2) is 0 Å². The number of hydrogen-bond donors (Lipinski definition) is 3. The number of ether oxygens (including phenoxy) is 1. The summed E-state index contributed by atoms with van der Waals surface area (Å²) in [7, 11) is 1.57. The molecular formula is C10H22N2O3. The number of methoxy groups -OCH3 is 1. The number of hydrogen-bond acceptors (Lipinski definition) is 4. The van der Waals surface area contributed by atoms with E-state index >= 15 is 0 Å². The lowest BCUT2D eigenvalue weighted by Gasteiger charge is -2.20. The minimum atomic E-state index is -0.150. The van der Waals surface area contributed by atoms with Crippen LogP contribution in [-0.4, -0.2) is 43.9 Å². The second-order valence-electron chi connectivity index (χ2n) is 3.51. The van der Waals surface area contributed by atoms with Crippen molar-refractivity contribution < 1.29 is 14.6 Å². The van der Waals surface area contributed by atoms with E-state index in [1.165, 1.54) is 0 Å². The SMILES string of the molecule is CCC(CN)C(=O)NC(CCO)COC. The van der Waals surface area contributed by atoms with Crippen molar-refractivity contribution in [2.75, 3.05) is 26.9 Å². The average Bonchev–Trinajstić information content (AvgIpc) is 2.20. The van der Waals surface area contributed by atoms with E-state index in [1.54, 1.807) is 7.11 Å². The summed E-state index contributed by atoms with van der Waals surface area (Å²) in [5.41, 5.74) is 5.47. The molecule has 0 radical (unpaired) electrons. The molecule has 0 fully saturated rings. The zero-order chi connectivity index (χ0) is 11.7. The van der Waals surface area contributed by atoms with Gasteiger partial charge in [0.2, 0.25) is 5.91 Å². The third kappa shape index (κ3) is 5.71. The number of rotatable bonds is 8. The van der Waals surface area contributed by atoms with Crippen molar-refractivity contribution >= 4 is 5.91 Å². The molecule has 4 N–H and O–H groups in total. The standard InChI is InChI=1S/C10H22N2O3/c1-3-8(6-11)10(14)12-9(4-5-13)7-15-2/h8-9,13H,3-7,11H2,1-2H3,(H,12,14). The molecule has 5 heteroatoms. The Kier molecular flexibility index (Phi) is 8.27. The van der Waals surface area contributed by atoms with E-state index in [2.05, 4.69) is 5.32 Å². The van der Waals surface area contributed by atoms with Crippen molar-refractivity contribution in [3.63, 3.8) is 0 Å². The van der Waals surface area contributed by atoms with Gasteiger partial charge in [0, 0.05) is 26.2 Å².